The first-order chi connectivity index (χ1) is 9.50. The summed E-state index contributed by atoms with van der Waals surface area (Å²) in [5.41, 5.74) is 0.628. The Morgan fingerprint density at radius 1 is 0.952 bits per heavy atom. The van der Waals surface area contributed by atoms with Crippen molar-refractivity contribution < 1.29 is 17.6 Å². The number of benzene rings is 1. The Morgan fingerprint density at radius 3 is 1.62 bits per heavy atom. The quantitative estimate of drug-likeness (QED) is 0.433. The maximum atomic E-state index is 13.3. The van der Waals surface area contributed by atoms with Crippen molar-refractivity contribution >= 4 is 0 Å². The van der Waals surface area contributed by atoms with E-state index in [0.717, 1.165) is 11.6 Å². The van der Waals surface area contributed by atoms with Crippen molar-refractivity contribution in [2.24, 2.45) is 0 Å². The van der Waals surface area contributed by atoms with Gasteiger partial charge in [-0.25, -0.2) is 17.6 Å². The molecule has 0 aliphatic heterocycles. The fraction of sp³-hybridized carbons (Fsp3) is 0.529. The maximum Gasteiger partial charge on any atom is 0.270 e. The van der Waals surface area contributed by atoms with Crippen LogP contribution in [0, 0.1) is 0 Å². The lowest BCUT2D eigenvalue weighted by Crippen LogP contribution is -2.13. The summed E-state index contributed by atoms with van der Waals surface area (Å²) in [6, 6.07) is 3.46. The SMILES string of the molecule is C=C(C)CCc1cc(C(C)(F)F)cc(C(C)(F)F)c1.CC. The topological polar surface area (TPSA) is 0 Å². The summed E-state index contributed by atoms with van der Waals surface area (Å²) < 4.78 is 53.4. The number of hydrogen-bond donors (Lipinski definition) is 0. The largest absolute Gasteiger partial charge is 0.270 e. The van der Waals surface area contributed by atoms with Crippen LogP contribution in [0.4, 0.5) is 17.6 Å². The number of halogens is 4. The van der Waals surface area contributed by atoms with Gasteiger partial charge in [0, 0.05) is 25.0 Å². The predicted octanol–water partition coefficient (Wildman–Crippen LogP) is 6.44. The lowest BCUT2D eigenvalue weighted by Gasteiger charge is -2.18. The summed E-state index contributed by atoms with van der Waals surface area (Å²) in [4.78, 5) is 0. The molecule has 0 N–H and O–H groups in total. The summed E-state index contributed by atoms with van der Waals surface area (Å²) in [6.45, 7) is 11.0. The van der Waals surface area contributed by atoms with Crippen LogP contribution in [0.1, 0.15) is 57.7 Å². The van der Waals surface area contributed by atoms with Crippen molar-refractivity contribution in [3.05, 3.63) is 47.0 Å². The number of allylic oxidation sites excluding steroid dienone is 1. The van der Waals surface area contributed by atoms with E-state index < -0.39 is 11.8 Å². The number of hydrogen-bond acceptors (Lipinski definition) is 0. The van der Waals surface area contributed by atoms with Crippen LogP contribution in [-0.4, -0.2) is 0 Å². The standard InChI is InChI=1S/C15H18F4.C2H6/c1-10(2)5-6-11-7-12(14(3,16)17)9-13(8-11)15(4,18)19;1-2/h7-9H,1,5-6H2,2-4H3;1-2H3. The molecule has 0 atom stereocenters. The third-order valence-corrected chi connectivity index (χ3v) is 2.85. The minimum Gasteiger partial charge on any atom is -0.202 e. The first-order valence-corrected chi connectivity index (χ1v) is 7.05. The maximum absolute atomic E-state index is 13.3. The second-order valence-corrected chi connectivity index (χ2v) is 5.15. The van der Waals surface area contributed by atoms with Crippen molar-refractivity contribution in [2.45, 2.75) is 59.3 Å². The van der Waals surface area contributed by atoms with Gasteiger partial charge in [0.2, 0.25) is 0 Å². The van der Waals surface area contributed by atoms with Gasteiger partial charge in [-0.1, -0.05) is 19.4 Å². The molecular formula is C17H24F4. The van der Waals surface area contributed by atoms with Crippen LogP contribution in [0.15, 0.2) is 30.4 Å². The fourth-order valence-electron chi connectivity index (χ4n) is 1.70. The average molecular weight is 304 g/mol. The van der Waals surface area contributed by atoms with Crippen LogP contribution in [0.5, 0.6) is 0 Å². The van der Waals surface area contributed by atoms with Gasteiger partial charge in [-0.3, -0.25) is 0 Å². The van der Waals surface area contributed by atoms with E-state index in [1.165, 1.54) is 12.1 Å². The zero-order chi connectivity index (χ0) is 16.8. The molecule has 1 aromatic rings. The van der Waals surface area contributed by atoms with Gasteiger partial charge in [0.1, 0.15) is 0 Å². The van der Waals surface area contributed by atoms with E-state index in [9.17, 15) is 17.6 Å². The van der Waals surface area contributed by atoms with E-state index >= 15 is 0 Å². The van der Waals surface area contributed by atoms with Gasteiger partial charge in [-0.15, -0.1) is 6.58 Å². The van der Waals surface area contributed by atoms with E-state index in [4.69, 9.17) is 0 Å². The smallest absolute Gasteiger partial charge is 0.202 e. The molecule has 21 heavy (non-hydrogen) atoms. The van der Waals surface area contributed by atoms with Gasteiger partial charge in [0.05, 0.1) is 0 Å². The van der Waals surface area contributed by atoms with Gasteiger partial charge < -0.3 is 0 Å². The van der Waals surface area contributed by atoms with E-state index in [2.05, 4.69) is 6.58 Å². The van der Waals surface area contributed by atoms with Gasteiger partial charge in [-0.05, 0) is 43.5 Å². The van der Waals surface area contributed by atoms with E-state index in [1.54, 1.807) is 0 Å². The molecule has 0 saturated carbocycles. The highest BCUT2D eigenvalue weighted by Gasteiger charge is 2.30. The third kappa shape index (κ3) is 6.78. The zero-order valence-corrected chi connectivity index (χ0v) is 13.4. The Balaban J connectivity index is 0.00000191. The third-order valence-electron chi connectivity index (χ3n) is 2.85. The summed E-state index contributed by atoms with van der Waals surface area (Å²) in [5, 5.41) is 0. The summed E-state index contributed by atoms with van der Waals surface area (Å²) in [7, 11) is 0. The Bertz CT molecular complexity index is 432. The molecule has 0 unspecified atom stereocenters. The predicted molar refractivity (Wildman–Crippen MR) is 80.1 cm³/mol. The molecule has 0 saturated heterocycles. The molecule has 0 aliphatic carbocycles. The van der Waals surface area contributed by atoms with Crippen LogP contribution < -0.4 is 0 Å². The number of alkyl halides is 4. The second-order valence-electron chi connectivity index (χ2n) is 5.15. The van der Waals surface area contributed by atoms with Crippen molar-refractivity contribution in [1.82, 2.24) is 0 Å². The molecule has 1 rings (SSSR count). The van der Waals surface area contributed by atoms with Gasteiger partial charge in [0.15, 0.2) is 0 Å². The van der Waals surface area contributed by atoms with Crippen LogP contribution in [-0.2, 0) is 18.3 Å². The Morgan fingerprint density at radius 2 is 1.33 bits per heavy atom. The first kappa shape index (κ1) is 19.7. The fourth-order valence-corrected chi connectivity index (χ4v) is 1.70. The molecule has 0 nitrogen and oxygen atoms in total. The van der Waals surface area contributed by atoms with E-state index in [1.807, 2.05) is 20.8 Å². The highest BCUT2D eigenvalue weighted by molar-refractivity contribution is 5.35. The van der Waals surface area contributed by atoms with Crippen molar-refractivity contribution in [2.75, 3.05) is 0 Å². The first-order valence-electron chi connectivity index (χ1n) is 7.05. The molecule has 120 valence electrons. The average Bonchev–Trinajstić information content (AvgIpc) is 2.36. The summed E-state index contributed by atoms with van der Waals surface area (Å²) in [6.07, 6.45) is 1.02. The molecule has 0 spiro atoms. The molecule has 0 amide bonds. The molecular weight excluding hydrogens is 280 g/mol. The molecule has 4 heteroatoms. The number of aryl methyl sites for hydroxylation is 1. The Kier molecular flexibility index (Phi) is 7.14. The van der Waals surface area contributed by atoms with Crippen LogP contribution in [0.2, 0.25) is 0 Å². The molecule has 0 fully saturated rings. The molecule has 0 radical (unpaired) electrons. The molecule has 0 aliphatic rings. The zero-order valence-electron chi connectivity index (χ0n) is 13.4. The lowest BCUT2D eigenvalue weighted by atomic mass is 9.96. The highest BCUT2D eigenvalue weighted by Crippen LogP contribution is 2.34. The van der Waals surface area contributed by atoms with Crippen LogP contribution in [0.25, 0.3) is 0 Å². The molecule has 0 heterocycles. The van der Waals surface area contributed by atoms with Crippen LogP contribution in [0.3, 0.4) is 0 Å². The Labute approximate surface area is 124 Å². The minimum atomic E-state index is -3.13. The van der Waals surface area contributed by atoms with E-state index in [-0.39, 0.29) is 11.1 Å². The van der Waals surface area contributed by atoms with Gasteiger partial charge >= 0.3 is 0 Å². The van der Waals surface area contributed by atoms with Crippen molar-refractivity contribution in [3.8, 4) is 0 Å². The molecule has 0 aromatic heterocycles. The van der Waals surface area contributed by atoms with Crippen molar-refractivity contribution in [1.29, 1.82) is 0 Å². The lowest BCUT2D eigenvalue weighted by molar-refractivity contribution is 0.0104. The minimum absolute atomic E-state index is 0.372. The van der Waals surface area contributed by atoms with Crippen LogP contribution >= 0.6 is 0 Å². The monoisotopic (exact) mass is 304 g/mol. The highest BCUT2D eigenvalue weighted by atomic mass is 19.3. The molecule has 0 bridgehead atoms. The molecule has 1 aromatic carbocycles. The van der Waals surface area contributed by atoms with E-state index in [0.29, 0.717) is 32.3 Å². The Hall–Kier alpha value is -1.32. The van der Waals surface area contributed by atoms with Gasteiger partial charge in [0.25, 0.3) is 11.8 Å². The van der Waals surface area contributed by atoms with Crippen molar-refractivity contribution in [3.63, 3.8) is 0 Å². The summed E-state index contributed by atoms with van der Waals surface area (Å²) >= 11 is 0. The van der Waals surface area contributed by atoms with Gasteiger partial charge in [-0.2, -0.15) is 0 Å². The number of rotatable bonds is 5. The second kappa shape index (κ2) is 7.62. The normalized spacial score (nSPS) is 11.7. The summed E-state index contributed by atoms with van der Waals surface area (Å²) in [5.74, 6) is -6.25.